The molecule has 1 aromatic heterocycles. The van der Waals surface area contributed by atoms with Crippen LogP contribution in [-0.2, 0) is 10.2 Å². The van der Waals surface area contributed by atoms with E-state index in [0.29, 0.717) is 12.3 Å². The maximum atomic E-state index is 12.0. The first kappa shape index (κ1) is 17.7. The molecule has 0 amide bonds. The van der Waals surface area contributed by atoms with Gasteiger partial charge in [-0.15, -0.1) is 0 Å². The zero-order chi connectivity index (χ0) is 17.2. The van der Waals surface area contributed by atoms with Gasteiger partial charge in [0, 0.05) is 30.4 Å². The standard InChI is InChI=1S/C16H19IN2O4/c1-16(2,9-22-3)11-7-10(8-12(17)14(11)23-4)19-6-5-13(20)18-15(19)21/h5-8H,9H2,1-4H3,(H,18,20,21). The van der Waals surface area contributed by atoms with Gasteiger partial charge in [0.2, 0.25) is 0 Å². The van der Waals surface area contributed by atoms with Gasteiger partial charge in [0.25, 0.3) is 5.56 Å². The van der Waals surface area contributed by atoms with E-state index >= 15 is 0 Å². The van der Waals surface area contributed by atoms with Crippen LogP contribution in [-0.4, -0.2) is 30.4 Å². The van der Waals surface area contributed by atoms with Crippen molar-refractivity contribution < 1.29 is 9.47 Å². The molecule has 23 heavy (non-hydrogen) atoms. The largest absolute Gasteiger partial charge is 0.495 e. The maximum Gasteiger partial charge on any atom is 0.332 e. The second-order valence-electron chi connectivity index (χ2n) is 5.81. The highest BCUT2D eigenvalue weighted by Gasteiger charge is 2.27. The van der Waals surface area contributed by atoms with E-state index in [1.54, 1.807) is 14.2 Å². The summed E-state index contributed by atoms with van der Waals surface area (Å²) in [6.07, 6.45) is 1.46. The molecule has 2 rings (SSSR count). The molecule has 0 aliphatic carbocycles. The van der Waals surface area contributed by atoms with Crippen molar-refractivity contribution in [2.24, 2.45) is 0 Å². The lowest BCUT2D eigenvalue weighted by molar-refractivity contribution is 0.145. The fraction of sp³-hybridized carbons (Fsp3) is 0.375. The van der Waals surface area contributed by atoms with Gasteiger partial charge in [-0.05, 0) is 34.7 Å². The van der Waals surface area contributed by atoms with E-state index in [-0.39, 0.29) is 5.41 Å². The fourth-order valence-corrected chi connectivity index (χ4v) is 3.32. The van der Waals surface area contributed by atoms with Crippen molar-refractivity contribution in [2.45, 2.75) is 19.3 Å². The van der Waals surface area contributed by atoms with Crippen LogP contribution in [0.3, 0.4) is 0 Å². The van der Waals surface area contributed by atoms with Crippen molar-refractivity contribution >= 4 is 22.6 Å². The lowest BCUT2D eigenvalue weighted by atomic mass is 9.84. The van der Waals surface area contributed by atoms with Crippen molar-refractivity contribution in [1.82, 2.24) is 9.55 Å². The minimum Gasteiger partial charge on any atom is -0.495 e. The van der Waals surface area contributed by atoms with Gasteiger partial charge in [0.05, 0.1) is 23.0 Å². The molecule has 0 atom stereocenters. The number of halogens is 1. The van der Waals surface area contributed by atoms with E-state index in [1.165, 1.54) is 16.8 Å². The van der Waals surface area contributed by atoms with Crippen molar-refractivity contribution in [2.75, 3.05) is 20.8 Å². The van der Waals surface area contributed by atoms with Gasteiger partial charge < -0.3 is 9.47 Å². The number of nitrogens with one attached hydrogen (secondary N) is 1. The highest BCUT2D eigenvalue weighted by molar-refractivity contribution is 14.1. The topological polar surface area (TPSA) is 73.3 Å². The zero-order valence-electron chi connectivity index (χ0n) is 13.5. The summed E-state index contributed by atoms with van der Waals surface area (Å²) < 4.78 is 13.1. The number of aromatic nitrogens is 2. The Balaban J connectivity index is 2.71. The summed E-state index contributed by atoms with van der Waals surface area (Å²) in [5.41, 5.74) is 0.391. The number of hydrogen-bond acceptors (Lipinski definition) is 4. The predicted octanol–water partition coefficient (Wildman–Crippen LogP) is 2.06. The Morgan fingerprint density at radius 2 is 1.96 bits per heavy atom. The van der Waals surface area contributed by atoms with Crippen LogP contribution in [0.5, 0.6) is 5.75 Å². The Morgan fingerprint density at radius 3 is 2.52 bits per heavy atom. The fourth-order valence-electron chi connectivity index (χ4n) is 2.49. The molecule has 0 fully saturated rings. The monoisotopic (exact) mass is 430 g/mol. The molecule has 6 nitrogen and oxygen atoms in total. The van der Waals surface area contributed by atoms with E-state index in [1.807, 2.05) is 26.0 Å². The molecule has 2 aromatic rings. The smallest absolute Gasteiger partial charge is 0.332 e. The molecule has 1 aromatic carbocycles. The van der Waals surface area contributed by atoms with Crippen LogP contribution >= 0.6 is 22.6 Å². The Kier molecular flexibility index (Phi) is 5.30. The van der Waals surface area contributed by atoms with Crippen LogP contribution < -0.4 is 16.0 Å². The second kappa shape index (κ2) is 6.88. The van der Waals surface area contributed by atoms with E-state index in [0.717, 1.165) is 14.9 Å². The number of hydrogen-bond donors (Lipinski definition) is 1. The van der Waals surface area contributed by atoms with Crippen LogP contribution in [0.15, 0.2) is 34.0 Å². The second-order valence-corrected chi connectivity index (χ2v) is 6.97. The highest BCUT2D eigenvalue weighted by Crippen LogP contribution is 2.37. The number of nitrogens with zero attached hydrogens (tertiary/aromatic N) is 1. The summed E-state index contributed by atoms with van der Waals surface area (Å²) in [5.74, 6) is 0.758. The normalized spacial score (nSPS) is 11.5. The third-order valence-electron chi connectivity index (χ3n) is 3.57. The zero-order valence-corrected chi connectivity index (χ0v) is 15.6. The van der Waals surface area contributed by atoms with E-state index < -0.39 is 11.2 Å². The maximum absolute atomic E-state index is 12.0. The minimum atomic E-state index is -0.478. The Hall–Kier alpha value is -1.61. The minimum absolute atomic E-state index is 0.304. The number of aromatic amines is 1. The molecule has 0 saturated heterocycles. The molecule has 0 spiro atoms. The Labute approximate surface area is 147 Å². The summed E-state index contributed by atoms with van der Waals surface area (Å²) in [7, 11) is 3.27. The third kappa shape index (κ3) is 3.66. The Bertz CT molecular complexity index is 824. The lowest BCUT2D eigenvalue weighted by Crippen LogP contribution is -2.29. The molecule has 0 aliphatic heterocycles. The van der Waals surface area contributed by atoms with Gasteiger partial charge in [-0.2, -0.15) is 0 Å². The SMILES string of the molecule is COCC(C)(C)c1cc(-n2ccc(=O)[nH]c2=O)cc(I)c1OC. The molecular formula is C16H19IN2O4. The van der Waals surface area contributed by atoms with Crippen LogP contribution in [0.1, 0.15) is 19.4 Å². The molecule has 7 heteroatoms. The molecular weight excluding hydrogens is 411 g/mol. The molecule has 0 unspecified atom stereocenters. The number of H-pyrrole nitrogens is 1. The summed E-state index contributed by atoms with van der Waals surface area (Å²) in [6, 6.07) is 5.05. The molecule has 1 heterocycles. The quantitative estimate of drug-likeness (QED) is 0.738. The first-order valence-electron chi connectivity index (χ1n) is 6.99. The average molecular weight is 430 g/mol. The van der Waals surface area contributed by atoms with Crippen molar-refractivity contribution in [3.8, 4) is 11.4 Å². The molecule has 0 saturated carbocycles. The van der Waals surface area contributed by atoms with Gasteiger partial charge in [0.1, 0.15) is 5.75 Å². The van der Waals surface area contributed by atoms with Crippen LogP contribution in [0.2, 0.25) is 0 Å². The van der Waals surface area contributed by atoms with Crippen LogP contribution in [0.25, 0.3) is 5.69 Å². The molecule has 124 valence electrons. The van der Waals surface area contributed by atoms with Crippen molar-refractivity contribution in [1.29, 1.82) is 0 Å². The Morgan fingerprint density at radius 1 is 1.26 bits per heavy atom. The highest BCUT2D eigenvalue weighted by atomic mass is 127. The third-order valence-corrected chi connectivity index (χ3v) is 4.37. The van der Waals surface area contributed by atoms with Crippen molar-refractivity contribution in [3.05, 3.63) is 54.4 Å². The summed E-state index contributed by atoms with van der Waals surface area (Å²) in [4.78, 5) is 25.5. The van der Waals surface area contributed by atoms with Gasteiger partial charge in [0.15, 0.2) is 0 Å². The van der Waals surface area contributed by atoms with Gasteiger partial charge >= 0.3 is 5.69 Å². The average Bonchev–Trinajstić information content (AvgIpc) is 2.46. The summed E-state index contributed by atoms with van der Waals surface area (Å²) in [5, 5.41) is 0. The lowest BCUT2D eigenvalue weighted by Gasteiger charge is -2.27. The summed E-state index contributed by atoms with van der Waals surface area (Å²) in [6.45, 7) is 4.59. The van der Waals surface area contributed by atoms with E-state index in [2.05, 4.69) is 27.6 Å². The van der Waals surface area contributed by atoms with E-state index in [9.17, 15) is 9.59 Å². The summed E-state index contributed by atoms with van der Waals surface area (Å²) >= 11 is 2.17. The van der Waals surface area contributed by atoms with Crippen LogP contribution in [0, 0.1) is 3.57 Å². The number of methoxy groups -OCH3 is 2. The van der Waals surface area contributed by atoms with Gasteiger partial charge in [-0.3, -0.25) is 14.3 Å². The number of ether oxygens (including phenoxy) is 2. The number of benzene rings is 1. The van der Waals surface area contributed by atoms with Gasteiger partial charge in [-0.25, -0.2) is 4.79 Å². The molecule has 0 radical (unpaired) electrons. The van der Waals surface area contributed by atoms with Crippen LogP contribution in [0.4, 0.5) is 0 Å². The molecule has 0 aliphatic rings. The first-order valence-corrected chi connectivity index (χ1v) is 8.07. The van der Waals surface area contributed by atoms with Crippen molar-refractivity contribution in [3.63, 3.8) is 0 Å². The van der Waals surface area contributed by atoms with E-state index in [4.69, 9.17) is 9.47 Å². The molecule has 0 bridgehead atoms. The first-order chi connectivity index (χ1) is 10.8. The van der Waals surface area contributed by atoms with Gasteiger partial charge in [-0.1, -0.05) is 13.8 Å². The number of rotatable bonds is 5. The molecule has 1 N–H and O–H groups in total. The predicted molar refractivity (Wildman–Crippen MR) is 96.8 cm³/mol.